The zero-order valence-electron chi connectivity index (χ0n) is 17.5. The van der Waals surface area contributed by atoms with E-state index in [9.17, 15) is 9.59 Å². The molecule has 2 N–H and O–H groups in total. The van der Waals surface area contributed by atoms with Gasteiger partial charge in [-0.25, -0.2) is 4.68 Å². The molecule has 1 unspecified atom stereocenters. The van der Waals surface area contributed by atoms with Crippen LogP contribution < -0.4 is 15.4 Å². The standard InChI is InChI=1S/C23H23ClN4O3/c1-4-18-21(14-6-5-7-16(10-14)31-3)22-26-23(30)19(28(22)27-18)12-20(29)25-15-9-8-13(2)17(24)11-15/h5-11,19H,4,12H2,1-3H3,(H,25,29)(H,26,30). The minimum absolute atomic E-state index is 0.0350. The van der Waals surface area contributed by atoms with Crippen molar-refractivity contribution in [2.24, 2.45) is 0 Å². The van der Waals surface area contributed by atoms with Crippen molar-refractivity contribution in [3.63, 3.8) is 0 Å². The molecule has 0 spiro atoms. The highest BCUT2D eigenvalue weighted by molar-refractivity contribution is 6.31. The molecule has 0 fully saturated rings. The second kappa shape index (κ2) is 8.43. The molecule has 1 aliphatic heterocycles. The van der Waals surface area contributed by atoms with Gasteiger partial charge in [-0.15, -0.1) is 0 Å². The van der Waals surface area contributed by atoms with Crippen LogP contribution in [0, 0.1) is 6.92 Å². The number of hydrogen-bond acceptors (Lipinski definition) is 4. The lowest BCUT2D eigenvalue weighted by Gasteiger charge is -2.11. The number of methoxy groups -OCH3 is 1. The second-order valence-electron chi connectivity index (χ2n) is 7.42. The number of amides is 2. The number of nitrogens with zero attached hydrogens (tertiary/aromatic N) is 2. The van der Waals surface area contributed by atoms with Crippen LogP contribution >= 0.6 is 11.6 Å². The number of aryl methyl sites for hydroxylation is 2. The Balaban J connectivity index is 1.61. The van der Waals surface area contributed by atoms with Gasteiger partial charge in [-0.05, 0) is 48.7 Å². The van der Waals surface area contributed by atoms with Crippen molar-refractivity contribution >= 4 is 34.9 Å². The van der Waals surface area contributed by atoms with Gasteiger partial charge in [-0.2, -0.15) is 5.10 Å². The van der Waals surface area contributed by atoms with Crippen LogP contribution in [0.4, 0.5) is 11.5 Å². The topological polar surface area (TPSA) is 85.2 Å². The summed E-state index contributed by atoms with van der Waals surface area (Å²) in [5.41, 5.74) is 4.11. The van der Waals surface area contributed by atoms with Crippen LogP contribution in [-0.4, -0.2) is 28.7 Å². The number of anilines is 2. The van der Waals surface area contributed by atoms with Crippen molar-refractivity contribution in [3.05, 3.63) is 58.7 Å². The SMILES string of the molecule is CCc1nn2c(c1-c1cccc(OC)c1)NC(=O)C2CC(=O)Nc1ccc(C)c(Cl)c1. The average Bonchev–Trinajstić information content (AvgIpc) is 3.26. The molecule has 2 amide bonds. The van der Waals surface area contributed by atoms with Crippen molar-refractivity contribution in [3.8, 4) is 16.9 Å². The van der Waals surface area contributed by atoms with Crippen molar-refractivity contribution in [2.45, 2.75) is 32.7 Å². The monoisotopic (exact) mass is 438 g/mol. The van der Waals surface area contributed by atoms with Crippen LogP contribution in [0.1, 0.15) is 30.6 Å². The van der Waals surface area contributed by atoms with Gasteiger partial charge in [0.2, 0.25) is 5.91 Å². The summed E-state index contributed by atoms with van der Waals surface area (Å²) in [4.78, 5) is 25.3. The Morgan fingerprint density at radius 2 is 2.10 bits per heavy atom. The summed E-state index contributed by atoms with van der Waals surface area (Å²) in [5, 5.41) is 10.9. The third-order valence-corrected chi connectivity index (χ3v) is 5.76. The van der Waals surface area contributed by atoms with Crippen molar-refractivity contribution in [1.82, 2.24) is 9.78 Å². The first-order valence-corrected chi connectivity index (χ1v) is 10.4. The van der Waals surface area contributed by atoms with E-state index < -0.39 is 6.04 Å². The number of rotatable bonds is 6. The van der Waals surface area contributed by atoms with Gasteiger partial charge in [0, 0.05) is 16.3 Å². The van der Waals surface area contributed by atoms with Crippen LogP contribution in [0.2, 0.25) is 5.02 Å². The lowest BCUT2D eigenvalue weighted by Crippen LogP contribution is -2.24. The third-order valence-electron chi connectivity index (χ3n) is 5.35. The number of aromatic nitrogens is 2. The van der Waals surface area contributed by atoms with Crippen LogP contribution in [-0.2, 0) is 16.0 Å². The lowest BCUT2D eigenvalue weighted by molar-refractivity contribution is -0.123. The second-order valence-corrected chi connectivity index (χ2v) is 7.83. The first kappa shape index (κ1) is 20.9. The Labute approximate surface area is 185 Å². The van der Waals surface area contributed by atoms with Crippen molar-refractivity contribution in [1.29, 1.82) is 0 Å². The number of benzene rings is 2. The van der Waals surface area contributed by atoms with Crippen molar-refractivity contribution in [2.75, 3.05) is 17.7 Å². The molecule has 1 aliphatic rings. The zero-order valence-corrected chi connectivity index (χ0v) is 18.3. The van der Waals surface area contributed by atoms with E-state index >= 15 is 0 Å². The minimum atomic E-state index is -0.722. The maximum Gasteiger partial charge on any atom is 0.251 e. The predicted molar refractivity (Wildman–Crippen MR) is 121 cm³/mol. The van der Waals surface area contributed by atoms with Gasteiger partial charge in [0.25, 0.3) is 5.91 Å². The van der Waals surface area contributed by atoms with Gasteiger partial charge in [-0.1, -0.05) is 36.7 Å². The number of hydrogen-bond donors (Lipinski definition) is 2. The molecule has 0 bridgehead atoms. The molecule has 0 radical (unpaired) electrons. The third kappa shape index (κ3) is 4.01. The van der Waals surface area contributed by atoms with Crippen LogP contribution in [0.3, 0.4) is 0 Å². The smallest absolute Gasteiger partial charge is 0.251 e. The van der Waals surface area contributed by atoms with Gasteiger partial charge < -0.3 is 15.4 Å². The summed E-state index contributed by atoms with van der Waals surface area (Å²) in [6.07, 6.45) is 0.649. The molecule has 8 heteroatoms. The van der Waals surface area contributed by atoms with Crippen LogP contribution in [0.15, 0.2) is 42.5 Å². The number of halogens is 1. The first-order chi connectivity index (χ1) is 14.9. The number of fused-ring (bicyclic) bond motifs is 1. The fourth-order valence-corrected chi connectivity index (χ4v) is 3.88. The molecule has 160 valence electrons. The predicted octanol–water partition coefficient (Wildman–Crippen LogP) is 4.60. The molecule has 4 rings (SSSR count). The Morgan fingerprint density at radius 1 is 1.29 bits per heavy atom. The highest BCUT2D eigenvalue weighted by Crippen LogP contribution is 2.39. The maximum absolute atomic E-state index is 12.7. The van der Waals surface area contributed by atoms with Crippen LogP contribution in [0.25, 0.3) is 11.1 Å². The summed E-state index contributed by atoms with van der Waals surface area (Å²) < 4.78 is 6.96. The van der Waals surface area contributed by atoms with E-state index in [4.69, 9.17) is 16.3 Å². The zero-order chi connectivity index (χ0) is 22.1. The largest absolute Gasteiger partial charge is 0.497 e. The van der Waals surface area contributed by atoms with E-state index in [0.717, 1.165) is 28.1 Å². The first-order valence-electron chi connectivity index (χ1n) is 10.0. The van der Waals surface area contributed by atoms with Gasteiger partial charge in [0.1, 0.15) is 17.6 Å². The molecule has 0 saturated heterocycles. The Hall–Kier alpha value is -3.32. The normalized spacial score (nSPS) is 14.8. The molecule has 31 heavy (non-hydrogen) atoms. The molecule has 3 aromatic rings. The fraction of sp³-hybridized carbons (Fsp3) is 0.261. The molecule has 0 saturated carbocycles. The number of carbonyl (C=O) groups is 2. The van der Waals surface area contributed by atoms with Gasteiger partial charge in [0.05, 0.1) is 19.2 Å². The van der Waals surface area contributed by atoms with E-state index in [1.54, 1.807) is 23.9 Å². The molecule has 1 atom stereocenters. The molecule has 2 aromatic carbocycles. The summed E-state index contributed by atoms with van der Waals surface area (Å²) in [6, 6.07) is 12.2. The molecule has 1 aromatic heterocycles. The Bertz CT molecular complexity index is 1170. The maximum atomic E-state index is 12.7. The molecular formula is C23H23ClN4O3. The minimum Gasteiger partial charge on any atom is -0.497 e. The van der Waals surface area contributed by atoms with Gasteiger partial charge in [-0.3, -0.25) is 9.59 Å². The van der Waals surface area contributed by atoms with E-state index in [0.29, 0.717) is 22.9 Å². The highest BCUT2D eigenvalue weighted by Gasteiger charge is 2.36. The quantitative estimate of drug-likeness (QED) is 0.588. The summed E-state index contributed by atoms with van der Waals surface area (Å²) >= 11 is 6.14. The van der Waals surface area contributed by atoms with Gasteiger partial charge in [0.15, 0.2) is 0 Å². The van der Waals surface area contributed by atoms with E-state index in [1.165, 1.54) is 0 Å². The molecule has 2 heterocycles. The summed E-state index contributed by atoms with van der Waals surface area (Å²) in [7, 11) is 1.61. The molecular weight excluding hydrogens is 416 g/mol. The number of nitrogens with one attached hydrogen (secondary N) is 2. The van der Waals surface area contributed by atoms with E-state index in [-0.39, 0.29) is 18.2 Å². The molecule has 0 aliphatic carbocycles. The van der Waals surface area contributed by atoms with Gasteiger partial charge >= 0.3 is 0 Å². The van der Waals surface area contributed by atoms with Crippen molar-refractivity contribution < 1.29 is 14.3 Å². The molecule has 7 nitrogen and oxygen atoms in total. The van der Waals surface area contributed by atoms with Crippen LogP contribution in [0.5, 0.6) is 5.75 Å². The number of carbonyl (C=O) groups excluding carboxylic acids is 2. The Morgan fingerprint density at radius 3 is 2.81 bits per heavy atom. The Kier molecular flexibility index (Phi) is 5.69. The van der Waals surface area contributed by atoms with E-state index in [2.05, 4.69) is 15.7 Å². The van der Waals surface area contributed by atoms with E-state index in [1.807, 2.05) is 44.2 Å². The fourth-order valence-electron chi connectivity index (χ4n) is 3.70. The highest BCUT2D eigenvalue weighted by atomic mass is 35.5. The summed E-state index contributed by atoms with van der Waals surface area (Å²) in [6.45, 7) is 3.90. The lowest BCUT2D eigenvalue weighted by atomic mass is 10.0. The number of ether oxygens (including phenoxy) is 1. The summed E-state index contributed by atoms with van der Waals surface area (Å²) in [5.74, 6) is 0.776. The average molecular weight is 439 g/mol.